The number of rotatable bonds is 9. The van der Waals surface area contributed by atoms with E-state index < -0.39 is 12.1 Å². The smallest absolute Gasteiger partial charge is 0.312 e. The molecule has 0 radical (unpaired) electrons. The number of hydrogen-bond donors (Lipinski definition) is 4. The van der Waals surface area contributed by atoms with Gasteiger partial charge < -0.3 is 22.1 Å². The number of carbonyl (C=O) groups is 2. The first-order valence-electron chi connectivity index (χ1n) is 5.69. The monoisotopic (exact) mass is 230 g/mol. The van der Waals surface area contributed by atoms with Crippen LogP contribution in [0.1, 0.15) is 38.5 Å². The predicted molar refractivity (Wildman–Crippen MR) is 62.9 cm³/mol. The number of urea groups is 2. The summed E-state index contributed by atoms with van der Waals surface area (Å²) in [6, 6.07) is -0.921. The fourth-order valence-corrected chi connectivity index (χ4v) is 1.38. The molecule has 0 saturated carbocycles. The highest BCUT2D eigenvalue weighted by Gasteiger charge is 1.94. The van der Waals surface area contributed by atoms with E-state index >= 15 is 0 Å². The van der Waals surface area contributed by atoms with Gasteiger partial charge in [0, 0.05) is 13.1 Å². The number of primary amides is 2. The van der Waals surface area contributed by atoms with Gasteiger partial charge in [-0.1, -0.05) is 25.7 Å². The van der Waals surface area contributed by atoms with Crippen LogP contribution in [0, 0.1) is 0 Å². The highest BCUT2D eigenvalue weighted by molar-refractivity contribution is 5.71. The molecule has 4 amide bonds. The lowest BCUT2D eigenvalue weighted by Crippen LogP contribution is -2.30. The first-order valence-corrected chi connectivity index (χ1v) is 5.69. The summed E-state index contributed by atoms with van der Waals surface area (Å²) in [4.78, 5) is 20.7. The Morgan fingerprint density at radius 3 is 1.31 bits per heavy atom. The van der Waals surface area contributed by atoms with Crippen molar-refractivity contribution in [1.29, 1.82) is 0 Å². The van der Waals surface area contributed by atoms with Crippen molar-refractivity contribution in [3.8, 4) is 0 Å². The second-order valence-electron chi connectivity index (χ2n) is 3.70. The third-order valence-corrected chi connectivity index (χ3v) is 2.20. The molecule has 0 heterocycles. The van der Waals surface area contributed by atoms with Gasteiger partial charge in [0.15, 0.2) is 0 Å². The molecule has 0 bridgehead atoms. The predicted octanol–water partition coefficient (Wildman–Crippen LogP) is 0.664. The van der Waals surface area contributed by atoms with Crippen molar-refractivity contribution in [2.24, 2.45) is 11.5 Å². The van der Waals surface area contributed by atoms with Crippen LogP contribution in [0.25, 0.3) is 0 Å². The van der Waals surface area contributed by atoms with E-state index in [1.165, 1.54) is 0 Å². The van der Waals surface area contributed by atoms with Crippen molar-refractivity contribution < 1.29 is 9.59 Å². The first kappa shape index (κ1) is 14.5. The van der Waals surface area contributed by atoms with Crippen LogP contribution in [0.2, 0.25) is 0 Å². The van der Waals surface area contributed by atoms with Crippen molar-refractivity contribution >= 4 is 12.1 Å². The van der Waals surface area contributed by atoms with Gasteiger partial charge in [-0.2, -0.15) is 0 Å². The molecule has 0 aliphatic rings. The van der Waals surface area contributed by atoms with Gasteiger partial charge >= 0.3 is 12.1 Å². The summed E-state index contributed by atoms with van der Waals surface area (Å²) < 4.78 is 0. The Kier molecular flexibility index (Phi) is 9.15. The third kappa shape index (κ3) is 12.5. The van der Waals surface area contributed by atoms with Crippen LogP contribution in [-0.4, -0.2) is 25.2 Å². The summed E-state index contributed by atoms with van der Waals surface area (Å²) in [5.41, 5.74) is 9.84. The zero-order valence-electron chi connectivity index (χ0n) is 9.63. The molecule has 16 heavy (non-hydrogen) atoms. The van der Waals surface area contributed by atoms with Gasteiger partial charge in [0.2, 0.25) is 0 Å². The van der Waals surface area contributed by atoms with Gasteiger partial charge in [-0.05, 0) is 12.8 Å². The Morgan fingerprint density at radius 1 is 0.688 bits per heavy atom. The Bertz CT molecular complexity index is 187. The maximum absolute atomic E-state index is 10.3. The minimum absolute atomic E-state index is 0.461. The van der Waals surface area contributed by atoms with E-state index in [2.05, 4.69) is 10.6 Å². The third-order valence-electron chi connectivity index (χ3n) is 2.20. The first-order chi connectivity index (χ1) is 7.63. The summed E-state index contributed by atoms with van der Waals surface area (Å²) in [5.74, 6) is 0. The lowest BCUT2D eigenvalue weighted by Gasteiger charge is -2.03. The van der Waals surface area contributed by atoms with Crippen LogP contribution in [0.4, 0.5) is 9.59 Å². The normalized spacial score (nSPS) is 9.75. The highest BCUT2D eigenvalue weighted by atomic mass is 16.2. The second kappa shape index (κ2) is 10.1. The van der Waals surface area contributed by atoms with E-state index in [-0.39, 0.29) is 0 Å². The Morgan fingerprint density at radius 2 is 1.00 bits per heavy atom. The molecule has 0 aliphatic carbocycles. The second-order valence-corrected chi connectivity index (χ2v) is 3.70. The molecule has 0 unspecified atom stereocenters. The molecule has 6 N–H and O–H groups in total. The van der Waals surface area contributed by atoms with Gasteiger partial charge in [-0.25, -0.2) is 9.59 Å². The van der Waals surface area contributed by atoms with Gasteiger partial charge in [-0.15, -0.1) is 0 Å². The quantitative estimate of drug-likeness (QED) is 0.436. The van der Waals surface area contributed by atoms with Gasteiger partial charge in [0.1, 0.15) is 0 Å². The molecular weight excluding hydrogens is 208 g/mol. The summed E-state index contributed by atoms with van der Waals surface area (Å²) in [6.45, 7) is 1.30. The van der Waals surface area contributed by atoms with Crippen molar-refractivity contribution in [2.75, 3.05) is 13.1 Å². The molecule has 0 spiro atoms. The number of hydrogen-bond acceptors (Lipinski definition) is 2. The summed E-state index contributed by atoms with van der Waals surface area (Å²) >= 11 is 0. The topological polar surface area (TPSA) is 110 Å². The molecule has 0 aromatic rings. The minimum Gasteiger partial charge on any atom is -0.352 e. The molecular formula is C10H22N4O2. The standard InChI is InChI=1S/C10H22N4O2/c11-9(15)13-7-5-3-1-2-4-6-8-14-10(12)16/h1-8H2,(H3,11,13,15)(H3,12,14,16). The largest absolute Gasteiger partial charge is 0.352 e. The van der Waals surface area contributed by atoms with E-state index in [9.17, 15) is 9.59 Å². The Balaban J connectivity index is 2.98. The van der Waals surface area contributed by atoms with Crippen molar-refractivity contribution in [2.45, 2.75) is 38.5 Å². The zero-order valence-corrected chi connectivity index (χ0v) is 9.63. The average Bonchev–Trinajstić information content (AvgIpc) is 2.20. The molecule has 0 rings (SSSR count). The van der Waals surface area contributed by atoms with E-state index in [4.69, 9.17) is 11.5 Å². The highest BCUT2D eigenvalue weighted by Crippen LogP contribution is 2.04. The van der Waals surface area contributed by atoms with E-state index in [0.29, 0.717) is 13.1 Å². The van der Waals surface area contributed by atoms with Crippen LogP contribution >= 0.6 is 0 Å². The van der Waals surface area contributed by atoms with E-state index in [1.807, 2.05) is 0 Å². The van der Waals surface area contributed by atoms with Gasteiger partial charge in [-0.3, -0.25) is 0 Å². The van der Waals surface area contributed by atoms with Gasteiger partial charge in [0.05, 0.1) is 0 Å². The van der Waals surface area contributed by atoms with Crippen LogP contribution in [0.5, 0.6) is 0 Å². The molecule has 6 heteroatoms. The lowest BCUT2D eigenvalue weighted by molar-refractivity contribution is 0.247. The fraction of sp³-hybridized carbons (Fsp3) is 0.800. The Hall–Kier alpha value is -1.46. The number of amides is 4. The number of unbranched alkanes of at least 4 members (excludes halogenated alkanes) is 5. The Labute approximate surface area is 96.1 Å². The number of carbonyl (C=O) groups excluding carboxylic acids is 2. The number of nitrogens with one attached hydrogen (secondary N) is 2. The van der Waals surface area contributed by atoms with Crippen LogP contribution in [0.3, 0.4) is 0 Å². The summed E-state index contributed by atoms with van der Waals surface area (Å²) in [5, 5.41) is 5.09. The van der Waals surface area contributed by atoms with E-state index in [0.717, 1.165) is 38.5 Å². The molecule has 0 saturated heterocycles. The zero-order chi connectivity index (χ0) is 12.2. The fourth-order valence-electron chi connectivity index (χ4n) is 1.38. The SMILES string of the molecule is NC(=O)NCCCCCCCCNC(N)=O. The van der Waals surface area contributed by atoms with Crippen LogP contribution < -0.4 is 22.1 Å². The molecule has 0 aromatic carbocycles. The molecule has 6 nitrogen and oxygen atoms in total. The van der Waals surface area contributed by atoms with Crippen LogP contribution in [-0.2, 0) is 0 Å². The average molecular weight is 230 g/mol. The summed E-state index contributed by atoms with van der Waals surface area (Å²) in [7, 11) is 0. The minimum atomic E-state index is -0.461. The van der Waals surface area contributed by atoms with Crippen molar-refractivity contribution in [1.82, 2.24) is 10.6 Å². The molecule has 94 valence electrons. The maximum atomic E-state index is 10.3. The maximum Gasteiger partial charge on any atom is 0.312 e. The summed E-state index contributed by atoms with van der Waals surface area (Å²) in [6.07, 6.45) is 6.37. The molecule has 0 aromatic heterocycles. The van der Waals surface area contributed by atoms with Gasteiger partial charge in [0.25, 0.3) is 0 Å². The molecule has 0 atom stereocenters. The lowest BCUT2D eigenvalue weighted by atomic mass is 10.1. The van der Waals surface area contributed by atoms with Crippen molar-refractivity contribution in [3.05, 3.63) is 0 Å². The van der Waals surface area contributed by atoms with Crippen LogP contribution in [0.15, 0.2) is 0 Å². The number of nitrogens with two attached hydrogens (primary N) is 2. The van der Waals surface area contributed by atoms with Crippen molar-refractivity contribution in [3.63, 3.8) is 0 Å². The molecule has 0 fully saturated rings. The van der Waals surface area contributed by atoms with E-state index in [1.54, 1.807) is 0 Å². The molecule has 0 aliphatic heterocycles.